The summed E-state index contributed by atoms with van der Waals surface area (Å²) >= 11 is 6.11. The van der Waals surface area contributed by atoms with Crippen molar-refractivity contribution in [2.24, 2.45) is 0 Å². The highest BCUT2D eigenvalue weighted by atomic mass is 35.5. The summed E-state index contributed by atoms with van der Waals surface area (Å²) in [5, 5.41) is 1.60. The van der Waals surface area contributed by atoms with Crippen LogP contribution in [0.3, 0.4) is 0 Å². The maximum Gasteiger partial charge on any atom is 0.136 e. The zero-order valence-corrected chi connectivity index (χ0v) is 11.4. The Bertz CT molecular complexity index is 768. The van der Waals surface area contributed by atoms with Crippen LogP contribution in [-0.2, 0) is 0 Å². The van der Waals surface area contributed by atoms with E-state index in [1.54, 1.807) is 0 Å². The van der Waals surface area contributed by atoms with Crippen LogP contribution in [0, 0.1) is 13.8 Å². The molecule has 0 aliphatic heterocycles. The van der Waals surface area contributed by atoms with Gasteiger partial charge in [-0.3, -0.25) is 0 Å². The van der Waals surface area contributed by atoms with Gasteiger partial charge in [-0.05, 0) is 26.0 Å². The van der Waals surface area contributed by atoms with Crippen LogP contribution in [0.15, 0.2) is 36.4 Å². The van der Waals surface area contributed by atoms with Gasteiger partial charge >= 0.3 is 0 Å². The Hall–Kier alpha value is -2.00. The molecule has 0 saturated heterocycles. The van der Waals surface area contributed by atoms with Gasteiger partial charge in [0.05, 0.1) is 16.9 Å². The number of aryl methyl sites for hydroxylation is 1. The van der Waals surface area contributed by atoms with E-state index in [9.17, 15) is 0 Å². The first-order valence-electron chi connectivity index (χ1n) is 6.02. The molecule has 4 heteroatoms. The lowest BCUT2D eigenvalue weighted by molar-refractivity contribution is 1.03. The summed E-state index contributed by atoms with van der Waals surface area (Å²) in [4.78, 5) is 13.2. The highest BCUT2D eigenvalue weighted by molar-refractivity contribution is 6.30. The molecule has 19 heavy (non-hydrogen) atoms. The van der Waals surface area contributed by atoms with Crippen molar-refractivity contribution in [2.45, 2.75) is 13.8 Å². The third kappa shape index (κ3) is 2.17. The zero-order chi connectivity index (χ0) is 13.4. The number of benzene rings is 1. The Labute approximate surface area is 116 Å². The van der Waals surface area contributed by atoms with Crippen LogP contribution in [0.1, 0.15) is 11.4 Å². The van der Waals surface area contributed by atoms with Crippen LogP contribution < -0.4 is 0 Å². The number of fused-ring (bicyclic) bond motifs is 1. The Morgan fingerprint density at radius 1 is 0.895 bits per heavy atom. The van der Waals surface area contributed by atoms with Crippen molar-refractivity contribution >= 4 is 22.5 Å². The second-order valence-corrected chi connectivity index (χ2v) is 4.78. The molecule has 0 aliphatic carbocycles. The van der Waals surface area contributed by atoms with Gasteiger partial charge in [0.15, 0.2) is 0 Å². The predicted octanol–water partition coefficient (Wildman–Crippen LogP) is 3.96. The number of para-hydroxylation sites is 1. The van der Waals surface area contributed by atoms with E-state index in [0.717, 1.165) is 27.9 Å². The lowest BCUT2D eigenvalue weighted by atomic mass is 10.1. The Balaban J connectivity index is 2.24. The monoisotopic (exact) mass is 269 g/mol. The van der Waals surface area contributed by atoms with E-state index in [0.29, 0.717) is 11.0 Å². The molecule has 3 rings (SSSR count). The predicted molar refractivity (Wildman–Crippen MR) is 77.3 cm³/mol. The quantitative estimate of drug-likeness (QED) is 0.628. The molecule has 0 radical (unpaired) electrons. The highest BCUT2D eigenvalue weighted by Crippen LogP contribution is 2.25. The molecular weight excluding hydrogens is 258 g/mol. The van der Waals surface area contributed by atoms with E-state index >= 15 is 0 Å². The van der Waals surface area contributed by atoms with E-state index in [-0.39, 0.29) is 0 Å². The number of nitrogens with zero attached hydrogens (tertiary/aromatic N) is 3. The fourth-order valence-corrected chi connectivity index (χ4v) is 2.25. The van der Waals surface area contributed by atoms with E-state index in [1.807, 2.05) is 50.2 Å². The number of halogens is 1. The van der Waals surface area contributed by atoms with Gasteiger partial charge in [0.1, 0.15) is 11.0 Å². The summed E-state index contributed by atoms with van der Waals surface area (Å²) in [6, 6.07) is 12.0. The van der Waals surface area contributed by atoms with E-state index in [4.69, 9.17) is 11.6 Å². The SMILES string of the molecule is Cc1nc(Cl)c(C)c(-c2ccc3ccccc3n2)n1. The number of hydrogen-bond acceptors (Lipinski definition) is 3. The smallest absolute Gasteiger partial charge is 0.136 e. The molecule has 2 heterocycles. The molecule has 0 atom stereocenters. The van der Waals surface area contributed by atoms with Crippen molar-refractivity contribution in [3.05, 3.63) is 52.9 Å². The molecule has 0 fully saturated rings. The number of pyridine rings is 1. The molecule has 0 N–H and O–H groups in total. The summed E-state index contributed by atoms with van der Waals surface area (Å²) in [6.45, 7) is 3.74. The molecule has 0 spiro atoms. The molecule has 0 unspecified atom stereocenters. The van der Waals surface area contributed by atoms with Crippen LogP contribution in [0.5, 0.6) is 0 Å². The Morgan fingerprint density at radius 3 is 2.53 bits per heavy atom. The van der Waals surface area contributed by atoms with Crippen LogP contribution in [-0.4, -0.2) is 15.0 Å². The first-order chi connectivity index (χ1) is 9.15. The third-order valence-electron chi connectivity index (χ3n) is 3.04. The van der Waals surface area contributed by atoms with Crippen molar-refractivity contribution in [2.75, 3.05) is 0 Å². The first kappa shape index (κ1) is 12.1. The zero-order valence-electron chi connectivity index (χ0n) is 10.7. The molecule has 0 bridgehead atoms. The van der Waals surface area contributed by atoms with Crippen molar-refractivity contribution in [3.8, 4) is 11.4 Å². The summed E-state index contributed by atoms with van der Waals surface area (Å²) in [5.41, 5.74) is 3.42. The molecule has 2 aromatic heterocycles. The molecule has 0 amide bonds. The lowest BCUT2D eigenvalue weighted by Gasteiger charge is -2.07. The van der Waals surface area contributed by atoms with E-state index in [1.165, 1.54) is 0 Å². The normalized spacial score (nSPS) is 10.9. The van der Waals surface area contributed by atoms with Crippen LogP contribution >= 0.6 is 11.6 Å². The summed E-state index contributed by atoms with van der Waals surface area (Å²) < 4.78 is 0. The van der Waals surface area contributed by atoms with Gasteiger partial charge in [-0.2, -0.15) is 0 Å². The first-order valence-corrected chi connectivity index (χ1v) is 6.40. The summed E-state index contributed by atoms with van der Waals surface area (Å²) in [7, 11) is 0. The van der Waals surface area contributed by atoms with Gasteiger partial charge in [-0.15, -0.1) is 0 Å². The van der Waals surface area contributed by atoms with Gasteiger partial charge < -0.3 is 0 Å². The minimum absolute atomic E-state index is 0.484. The summed E-state index contributed by atoms with van der Waals surface area (Å²) in [5.74, 6) is 0.653. The molecule has 3 aromatic rings. The van der Waals surface area contributed by atoms with E-state index < -0.39 is 0 Å². The average Bonchev–Trinajstić information content (AvgIpc) is 2.42. The van der Waals surface area contributed by atoms with Crippen molar-refractivity contribution in [3.63, 3.8) is 0 Å². The van der Waals surface area contributed by atoms with Crippen LogP contribution in [0.2, 0.25) is 5.15 Å². The molecule has 94 valence electrons. The molecule has 3 nitrogen and oxygen atoms in total. The Morgan fingerprint density at radius 2 is 1.68 bits per heavy atom. The number of rotatable bonds is 1. The van der Waals surface area contributed by atoms with Crippen molar-refractivity contribution in [1.29, 1.82) is 0 Å². The maximum atomic E-state index is 6.11. The van der Waals surface area contributed by atoms with Gasteiger partial charge in [0, 0.05) is 10.9 Å². The second kappa shape index (κ2) is 4.59. The molecular formula is C15H12ClN3. The minimum atomic E-state index is 0.484. The fourth-order valence-electron chi connectivity index (χ4n) is 2.04. The number of hydrogen-bond donors (Lipinski definition) is 0. The minimum Gasteiger partial charge on any atom is -0.246 e. The van der Waals surface area contributed by atoms with Crippen molar-refractivity contribution < 1.29 is 0 Å². The standard InChI is InChI=1S/C15H12ClN3/c1-9-14(17-10(2)18-15(9)16)13-8-7-11-5-3-4-6-12(11)19-13/h3-8H,1-2H3. The van der Waals surface area contributed by atoms with Crippen molar-refractivity contribution in [1.82, 2.24) is 15.0 Å². The third-order valence-corrected chi connectivity index (χ3v) is 3.41. The molecule has 0 aliphatic rings. The molecule has 0 saturated carbocycles. The van der Waals surface area contributed by atoms with Gasteiger partial charge in [-0.25, -0.2) is 15.0 Å². The second-order valence-electron chi connectivity index (χ2n) is 4.42. The van der Waals surface area contributed by atoms with Crippen LogP contribution in [0.25, 0.3) is 22.3 Å². The lowest BCUT2D eigenvalue weighted by Crippen LogP contribution is -1.98. The summed E-state index contributed by atoms with van der Waals surface area (Å²) in [6.07, 6.45) is 0. The van der Waals surface area contributed by atoms with Gasteiger partial charge in [0.25, 0.3) is 0 Å². The fraction of sp³-hybridized carbons (Fsp3) is 0.133. The van der Waals surface area contributed by atoms with Crippen LogP contribution in [0.4, 0.5) is 0 Å². The Kier molecular flexibility index (Phi) is 2.91. The van der Waals surface area contributed by atoms with Gasteiger partial charge in [-0.1, -0.05) is 35.9 Å². The molecule has 1 aromatic carbocycles. The van der Waals surface area contributed by atoms with E-state index in [2.05, 4.69) is 15.0 Å². The average molecular weight is 270 g/mol. The number of aromatic nitrogens is 3. The highest BCUT2D eigenvalue weighted by Gasteiger charge is 2.11. The topological polar surface area (TPSA) is 38.7 Å². The maximum absolute atomic E-state index is 6.11. The largest absolute Gasteiger partial charge is 0.246 e. The van der Waals surface area contributed by atoms with Gasteiger partial charge in [0.2, 0.25) is 0 Å².